The van der Waals surface area contributed by atoms with Gasteiger partial charge in [0.1, 0.15) is 35.9 Å². The van der Waals surface area contributed by atoms with Gasteiger partial charge in [0.25, 0.3) is 0 Å². The lowest BCUT2D eigenvalue weighted by Gasteiger charge is -2.19. The molecule has 2 aromatic rings. The Morgan fingerprint density at radius 2 is 1.06 bits per heavy atom. The molecule has 0 heterocycles. The molecule has 0 bridgehead atoms. The topological polar surface area (TPSA) is 167 Å². The number of benzene rings is 2. The molecule has 2 aromatic carbocycles. The lowest BCUT2D eigenvalue weighted by molar-refractivity contribution is -0.143. The van der Waals surface area contributed by atoms with Gasteiger partial charge >= 0.3 is 12.4 Å². The molecule has 0 spiro atoms. The molecule has 0 unspecified atom stereocenters. The first kappa shape index (κ1) is 26.4. The third-order valence-electron chi connectivity index (χ3n) is 4.67. The van der Waals surface area contributed by atoms with Crippen LogP contribution in [-0.2, 0) is 12.4 Å². The van der Waals surface area contributed by atoms with Crippen LogP contribution in [0.15, 0.2) is 18.2 Å². The first-order valence-electron chi connectivity index (χ1n) is 8.93. The van der Waals surface area contributed by atoms with Gasteiger partial charge in [-0.3, -0.25) is 0 Å². The molecule has 0 N–H and O–H groups in total. The maximum absolute atomic E-state index is 13.9. The quantitative estimate of drug-likeness (QED) is 0.552. The lowest BCUT2D eigenvalue weighted by atomic mass is 9.86. The highest BCUT2D eigenvalue weighted by atomic mass is 19.4. The predicted octanol–water partition coefficient (Wildman–Crippen LogP) is 3.13. The Bertz CT molecular complexity index is 1670. The van der Waals surface area contributed by atoms with E-state index in [2.05, 4.69) is 0 Å². The Kier molecular flexibility index (Phi) is 7.04. The third kappa shape index (κ3) is 4.48. The smallest absolute Gasteiger partial charge is 0.192 e. The normalized spacial score (nSPS) is 10.3. The van der Waals surface area contributed by atoms with Crippen molar-refractivity contribution in [3.63, 3.8) is 0 Å². The molecule has 36 heavy (non-hydrogen) atoms. The molecule has 0 fully saturated rings. The molecule has 13 heteroatoms. The van der Waals surface area contributed by atoms with Gasteiger partial charge in [-0.15, -0.1) is 0 Å². The second kappa shape index (κ2) is 9.59. The summed E-state index contributed by atoms with van der Waals surface area (Å²) in [6, 6.07) is 10.5. The zero-order valence-corrected chi connectivity index (χ0v) is 17.1. The van der Waals surface area contributed by atoms with E-state index in [1.165, 1.54) is 30.3 Å². The van der Waals surface area contributed by atoms with Crippen LogP contribution >= 0.6 is 0 Å². The molecule has 0 atom stereocenters. The average molecular weight is 491 g/mol. The molecule has 0 aliphatic rings. The summed E-state index contributed by atoms with van der Waals surface area (Å²) >= 11 is 0. The number of nitriles is 7. The van der Waals surface area contributed by atoms with Crippen molar-refractivity contribution in [2.75, 3.05) is 0 Å². The molecule has 2 rings (SSSR count). The first-order chi connectivity index (χ1) is 16.8. The van der Waals surface area contributed by atoms with E-state index in [9.17, 15) is 52.7 Å². The number of nitrogens with zero attached hydrogens (tertiary/aromatic N) is 7. The summed E-state index contributed by atoms with van der Waals surface area (Å²) in [6.07, 6.45) is -11.0. The summed E-state index contributed by atoms with van der Waals surface area (Å²) in [5, 5.41) is 64.3. The van der Waals surface area contributed by atoms with Crippen molar-refractivity contribution in [2.45, 2.75) is 12.4 Å². The van der Waals surface area contributed by atoms with E-state index in [-0.39, 0.29) is 0 Å². The minimum atomic E-state index is -5.55. The second-order valence-electron chi connectivity index (χ2n) is 6.57. The summed E-state index contributed by atoms with van der Waals surface area (Å²) in [4.78, 5) is 0. The standard InChI is InChI=1S/C23H3F6N7/c24-22(25,26)18-3-19(23(27,28)29)21(17(10-36)16(18)9-35)15(8-34)11-1-12(4-30)20(13(2-11)5-31)14(6-32)7-33/h1-3H. The largest absolute Gasteiger partial charge is 0.417 e. The zero-order valence-electron chi connectivity index (χ0n) is 17.1. The Morgan fingerprint density at radius 3 is 1.39 bits per heavy atom. The van der Waals surface area contributed by atoms with E-state index < -0.39 is 78.9 Å². The predicted molar refractivity (Wildman–Crippen MR) is 104 cm³/mol. The van der Waals surface area contributed by atoms with Crippen molar-refractivity contribution in [2.24, 2.45) is 0 Å². The van der Waals surface area contributed by atoms with E-state index in [0.29, 0.717) is 0 Å². The van der Waals surface area contributed by atoms with Crippen molar-refractivity contribution in [1.82, 2.24) is 0 Å². The van der Waals surface area contributed by atoms with Crippen molar-refractivity contribution in [3.05, 3.63) is 67.6 Å². The molecule has 172 valence electrons. The van der Waals surface area contributed by atoms with Crippen LogP contribution in [0.3, 0.4) is 0 Å². The van der Waals surface area contributed by atoms with E-state index in [1.807, 2.05) is 0 Å². The van der Waals surface area contributed by atoms with Crippen LogP contribution in [0.2, 0.25) is 0 Å². The monoisotopic (exact) mass is 491 g/mol. The average Bonchev–Trinajstić information content (AvgIpc) is 2.83. The number of hydrogen-bond donors (Lipinski definition) is 0. The number of alkyl halides is 6. The fourth-order valence-electron chi connectivity index (χ4n) is 3.25. The van der Waals surface area contributed by atoms with Crippen molar-refractivity contribution < 1.29 is 26.3 Å². The zero-order chi connectivity index (χ0) is 27.4. The van der Waals surface area contributed by atoms with E-state index >= 15 is 0 Å². The fourth-order valence-corrected chi connectivity index (χ4v) is 3.25. The lowest BCUT2D eigenvalue weighted by Crippen LogP contribution is -2.23. The van der Waals surface area contributed by atoms with Gasteiger partial charge in [-0.1, -0.05) is 0 Å². The maximum Gasteiger partial charge on any atom is 0.417 e. The van der Waals surface area contributed by atoms with Gasteiger partial charge in [-0.25, -0.2) is 0 Å². The van der Waals surface area contributed by atoms with Crippen LogP contribution in [-0.4, -0.2) is 0 Å². The van der Waals surface area contributed by atoms with Gasteiger partial charge in [0.15, 0.2) is 0 Å². The van der Waals surface area contributed by atoms with Crippen LogP contribution in [0.4, 0.5) is 26.3 Å². The fraction of sp³-hybridized carbons (Fsp3) is 0.0870. The van der Waals surface area contributed by atoms with Crippen LogP contribution < -0.4 is 10.4 Å². The molecule has 7 nitrogen and oxygen atoms in total. The highest BCUT2D eigenvalue weighted by Gasteiger charge is 2.43. The highest BCUT2D eigenvalue weighted by molar-refractivity contribution is 5.85. The Labute approximate surface area is 197 Å². The molecule has 0 saturated carbocycles. The molecule has 0 amide bonds. The third-order valence-corrected chi connectivity index (χ3v) is 4.67. The van der Waals surface area contributed by atoms with Crippen LogP contribution in [0, 0.1) is 79.3 Å². The molecule has 0 aromatic heterocycles. The number of hydrogen-bond acceptors (Lipinski definition) is 7. The summed E-state index contributed by atoms with van der Waals surface area (Å²) in [5.74, 6) is 0. The molecular formula is C23H3F6N7. The van der Waals surface area contributed by atoms with E-state index in [4.69, 9.17) is 10.5 Å². The van der Waals surface area contributed by atoms with Crippen LogP contribution in [0.5, 0.6) is 0 Å². The summed E-state index contributed by atoms with van der Waals surface area (Å²) in [6.45, 7) is 0. The van der Waals surface area contributed by atoms with Gasteiger partial charge in [-0.05, 0) is 23.4 Å². The van der Waals surface area contributed by atoms with E-state index in [1.54, 1.807) is 0 Å². The summed E-state index contributed by atoms with van der Waals surface area (Å²) < 4.78 is 81.9. The van der Waals surface area contributed by atoms with Crippen molar-refractivity contribution in [1.29, 1.82) is 36.8 Å². The molecule has 0 saturated heterocycles. The molecule has 0 radical (unpaired) electrons. The minimum absolute atomic E-state index is 0.409. The molecule has 0 aliphatic heterocycles. The second-order valence-corrected chi connectivity index (χ2v) is 6.57. The number of rotatable bonds is 1. The minimum Gasteiger partial charge on any atom is -0.192 e. The van der Waals surface area contributed by atoms with Crippen molar-refractivity contribution in [3.8, 4) is 42.5 Å². The molecular weight excluding hydrogens is 488 g/mol. The van der Waals surface area contributed by atoms with E-state index in [0.717, 1.165) is 24.3 Å². The van der Waals surface area contributed by atoms with Gasteiger partial charge < -0.3 is 0 Å². The SMILES string of the molecule is N#CC(c1c(C(F)(F)F)cc(C(F)(F)F)c(C#N)c1C#N)=c1cc(C#N)c(=C(C#N)C#N)c(C#N)c1. The Morgan fingerprint density at radius 1 is 0.583 bits per heavy atom. The van der Waals surface area contributed by atoms with Gasteiger partial charge in [0.2, 0.25) is 0 Å². The van der Waals surface area contributed by atoms with Crippen LogP contribution in [0.25, 0.3) is 11.1 Å². The maximum atomic E-state index is 13.9. The Balaban J connectivity index is 3.41. The molecule has 0 aliphatic carbocycles. The Hall–Kier alpha value is -5.81. The van der Waals surface area contributed by atoms with Gasteiger partial charge in [0.05, 0.1) is 51.1 Å². The summed E-state index contributed by atoms with van der Waals surface area (Å²) in [7, 11) is 0. The van der Waals surface area contributed by atoms with Gasteiger partial charge in [-0.2, -0.15) is 63.2 Å². The van der Waals surface area contributed by atoms with Crippen LogP contribution in [0.1, 0.15) is 38.9 Å². The first-order valence-corrected chi connectivity index (χ1v) is 8.93. The van der Waals surface area contributed by atoms with Gasteiger partial charge in [0, 0.05) is 10.8 Å². The highest BCUT2D eigenvalue weighted by Crippen LogP contribution is 2.42. The van der Waals surface area contributed by atoms with Crippen molar-refractivity contribution >= 4 is 11.1 Å². The number of halogens is 6. The summed E-state index contributed by atoms with van der Waals surface area (Å²) in [5.41, 5.74) is -11.3.